The van der Waals surface area contributed by atoms with Gasteiger partial charge in [-0.15, -0.1) is 0 Å². The Kier molecular flexibility index (Phi) is 5.80. The number of aliphatic hydroxyl groups is 2. The number of hydrogen-bond acceptors (Lipinski definition) is 2. The van der Waals surface area contributed by atoms with Gasteiger partial charge in [0.05, 0.1) is 0 Å². The second-order valence-corrected chi connectivity index (χ2v) is 2.36. The van der Waals surface area contributed by atoms with Gasteiger partial charge in [0.1, 0.15) is 0 Å². The predicted octanol–water partition coefficient (Wildman–Crippen LogP) is 1.60. The molecule has 2 heteroatoms. The standard InChI is InChI=1S/C9H16O2/c1-3-5-6-8(4-2)7-9(10)11/h4-6,9-11H,3,7H2,1-2H3/b6-5-,8-4+. The molecule has 64 valence electrons. The maximum Gasteiger partial charge on any atom is 0.155 e. The van der Waals surface area contributed by atoms with E-state index < -0.39 is 6.29 Å². The van der Waals surface area contributed by atoms with Gasteiger partial charge in [0.15, 0.2) is 6.29 Å². The third-order valence-corrected chi connectivity index (χ3v) is 1.36. The SMILES string of the molecule is C/C=C(\C=C/CC)CC(O)O. The molecular weight excluding hydrogens is 140 g/mol. The fraction of sp³-hybridized carbons (Fsp3) is 0.556. The summed E-state index contributed by atoms with van der Waals surface area (Å²) in [6.45, 7) is 3.93. The van der Waals surface area contributed by atoms with Crippen molar-refractivity contribution in [1.82, 2.24) is 0 Å². The smallest absolute Gasteiger partial charge is 0.155 e. The molecule has 0 saturated carbocycles. The molecule has 0 saturated heterocycles. The molecule has 0 atom stereocenters. The van der Waals surface area contributed by atoms with Crippen LogP contribution in [0.15, 0.2) is 23.8 Å². The van der Waals surface area contributed by atoms with Crippen molar-refractivity contribution < 1.29 is 10.2 Å². The van der Waals surface area contributed by atoms with E-state index >= 15 is 0 Å². The van der Waals surface area contributed by atoms with Crippen LogP contribution in [0.25, 0.3) is 0 Å². The molecule has 0 aromatic rings. The molecule has 0 aliphatic carbocycles. The summed E-state index contributed by atoms with van der Waals surface area (Å²) in [7, 11) is 0. The highest BCUT2D eigenvalue weighted by molar-refractivity contribution is 5.17. The maximum absolute atomic E-state index is 8.63. The summed E-state index contributed by atoms with van der Waals surface area (Å²) in [6, 6.07) is 0. The molecule has 0 radical (unpaired) electrons. The molecule has 0 amide bonds. The summed E-state index contributed by atoms with van der Waals surface area (Å²) in [5.41, 5.74) is 0.960. The van der Waals surface area contributed by atoms with Gasteiger partial charge in [-0.3, -0.25) is 0 Å². The minimum atomic E-state index is -1.23. The quantitative estimate of drug-likeness (QED) is 0.479. The Bertz CT molecular complexity index is 146. The molecule has 2 nitrogen and oxygen atoms in total. The molecule has 0 aromatic carbocycles. The minimum Gasteiger partial charge on any atom is -0.368 e. The van der Waals surface area contributed by atoms with Gasteiger partial charge in [0.25, 0.3) is 0 Å². The Morgan fingerprint density at radius 3 is 2.45 bits per heavy atom. The Morgan fingerprint density at radius 1 is 1.45 bits per heavy atom. The first-order chi connectivity index (χ1) is 5.20. The van der Waals surface area contributed by atoms with E-state index in [4.69, 9.17) is 10.2 Å². The van der Waals surface area contributed by atoms with Crippen molar-refractivity contribution >= 4 is 0 Å². The first-order valence-corrected chi connectivity index (χ1v) is 3.88. The number of aliphatic hydroxyl groups excluding tert-OH is 1. The summed E-state index contributed by atoms with van der Waals surface area (Å²) < 4.78 is 0. The third kappa shape index (κ3) is 5.83. The Balaban J connectivity index is 3.88. The van der Waals surface area contributed by atoms with Crippen LogP contribution in [0.5, 0.6) is 0 Å². The summed E-state index contributed by atoms with van der Waals surface area (Å²) in [4.78, 5) is 0. The second kappa shape index (κ2) is 6.13. The Morgan fingerprint density at radius 2 is 2.09 bits per heavy atom. The van der Waals surface area contributed by atoms with Crippen LogP contribution in [-0.4, -0.2) is 16.5 Å². The molecule has 0 spiro atoms. The van der Waals surface area contributed by atoms with E-state index in [0.717, 1.165) is 12.0 Å². The van der Waals surface area contributed by atoms with E-state index in [1.807, 2.05) is 32.1 Å². The van der Waals surface area contributed by atoms with Crippen LogP contribution in [0, 0.1) is 0 Å². The zero-order valence-corrected chi connectivity index (χ0v) is 7.12. The van der Waals surface area contributed by atoms with Crippen molar-refractivity contribution in [2.24, 2.45) is 0 Å². The summed E-state index contributed by atoms with van der Waals surface area (Å²) in [5.74, 6) is 0. The van der Waals surface area contributed by atoms with Crippen LogP contribution in [0.2, 0.25) is 0 Å². The predicted molar refractivity (Wildman–Crippen MR) is 46.0 cm³/mol. The van der Waals surface area contributed by atoms with Crippen molar-refractivity contribution in [3.8, 4) is 0 Å². The van der Waals surface area contributed by atoms with Crippen LogP contribution < -0.4 is 0 Å². The van der Waals surface area contributed by atoms with Crippen molar-refractivity contribution in [2.75, 3.05) is 0 Å². The van der Waals surface area contributed by atoms with Crippen LogP contribution in [0.3, 0.4) is 0 Å². The van der Waals surface area contributed by atoms with Crippen molar-refractivity contribution in [3.05, 3.63) is 23.8 Å². The number of rotatable bonds is 4. The molecule has 0 fully saturated rings. The highest BCUT2D eigenvalue weighted by atomic mass is 16.5. The highest BCUT2D eigenvalue weighted by Crippen LogP contribution is 2.05. The molecule has 11 heavy (non-hydrogen) atoms. The van der Waals surface area contributed by atoms with Gasteiger partial charge in [0.2, 0.25) is 0 Å². The molecule has 2 N–H and O–H groups in total. The maximum atomic E-state index is 8.63. The number of hydrogen-bond donors (Lipinski definition) is 2. The molecule has 0 aromatic heterocycles. The van der Waals surface area contributed by atoms with E-state index in [9.17, 15) is 0 Å². The normalized spacial score (nSPS) is 13.4. The van der Waals surface area contributed by atoms with E-state index in [1.165, 1.54) is 0 Å². The van der Waals surface area contributed by atoms with Gasteiger partial charge in [0, 0.05) is 6.42 Å². The average Bonchev–Trinajstić information content (AvgIpc) is 1.97. The molecule has 0 rings (SSSR count). The first kappa shape index (κ1) is 10.4. The third-order valence-electron chi connectivity index (χ3n) is 1.36. The average molecular weight is 156 g/mol. The fourth-order valence-corrected chi connectivity index (χ4v) is 0.762. The Labute approximate surface area is 67.9 Å². The molecule has 0 aliphatic heterocycles. The molecule has 0 heterocycles. The lowest BCUT2D eigenvalue weighted by molar-refractivity contribution is -0.0375. The topological polar surface area (TPSA) is 40.5 Å². The van der Waals surface area contributed by atoms with E-state index in [-0.39, 0.29) is 0 Å². The largest absolute Gasteiger partial charge is 0.368 e. The molecule has 0 bridgehead atoms. The van der Waals surface area contributed by atoms with Gasteiger partial charge in [-0.25, -0.2) is 0 Å². The van der Waals surface area contributed by atoms with Gasteiger partial charge in [-0.05, 0) is 18.9 Å². The Hall–Kier alpha value is -0.600. The van der Waals surface area contributed by atoms with Crippen molar-refractivity contribution in [3.63, 3.8) is 0 Å². The fourth-order valence-electron chi connectivity index (χ4n) is 0.762. The van der Waals surface area contributed by atoms with Gasteiger partial charge in [-0.2, -0.15) is 0 Å². The van der Waals surface area contributed by atoms with Crippen LogP contribution in [-0.2, 0) is 0 Å². The minimum absolute atomic E-state index is 0.312. The van der Waals surface area contributed by atoms with Gasteiger partial charge < -0.3 is 10.2 Å². The first-order valence-electron chi connectivity index (χ1n) is 3.88. The van der Waals surface area contributed by atoms with Gasteiger partial charge in [-0.1, -0.05) is 25.2 Å². The molecular formula is C9H16O2. The van der Waals surface area contributed by atoms with Crippen LogP contribution >= 0.6 is 0 Å². The van der Waals surface area contributed by atoms with E-state index in [1.54, 1.807) is 0 Å². The lowest BCUT2D eigenvalue weighted by Gasteiger charge is -2.02. The van der Waals surface area contributed by atoms with Crippen molar-refractivity contribution in [1.29, 1.82) is 0 Å². The zero-order valence-electron chi connectivity index (χ0n) is 7.12. The molecule has 0 aliphatic rings. The summed E-state index contributed by atoms with van der Waals surface area (Å²) >= 11 is 0. The number of allylic oxidation sites excluding steroid dienone is 3. The second-order valence-electron chi connectivity index (χ2n) is 2.36. The summed E-state index contributed by atoms with van der Waals surface area (Å²) in [6.07, 6.45) is 5.84. The zero-order chi connectivity index (χ0) is 8.69. The highest BCUT2D eigenvalue weighted by Gasteiger charge is 1.98. The van der Waals surface area contributed by atoms with E-state index in [2.05, 4.69) is 0 Å². The monoisotopic (exact) mass is 156 g/mol. The lowest BCUT2D eigenvalue weighted by Crippen LogP contribution is -2.04. The summed E-state index contributed by atoms with van der Waals surface area (Å²) in [5, 5.41) is 17.3. The molecule has 0 unspecified atom stereocenters. The van der Waals surface area contributed by atoms with Gasteiger partial charge >= 0.3 is 0 Å². The van der Waals surface area contributed by atoms with E-state index in [0.29, 0.717) is 6.42 Å². The van der Waals surface area contributed by atoms with Crippen LogP contribution in [0.1, 0.15) is 26.7 Å². The van der Waals surface area contributed by atoms with Crippen molar-refractivity contribution in [2.45, 2.75) is 33.0 Å². The van der Waals surface area contributed by atoms with Crippen LogP contribution in [0.4, 0.5) is 0 Å². The lowest BCUT2D eigenvalue weighted by atomic mass is 10.1.